The molecule has 2 aliphatic rings. The quantitative estimate of drug-likeness (QED) is 0.601. The van der Waals surface area contributed by atoms with Gasteiger partial charge in [-0.05, 0) is 91.0 Å². The molecule has 0 bridgehead atoms. The third-order valence-electron chi connectivity index (χ3n) is 6.51. The SMILES string of the molecule is CCOC(=O)C1=C(c2cc3c(cc2C)C(C)(C)CCC3(C)C)CCCC1. The third-order valence-corrected chi connectivity index (χ3v) is 6.51. The van der Waals surface area contributed by atoms with Gasteiger partial charge in [-0.15, -0.1) is 0 Å². The maximum atomic E-state index is 12.5. The van der Waals surface area contributed by atoms with Gasteiger partial charge in [0.05, 0.1) is 6.61 Å². The highest BCUT2D eigenvalue weighted by Gasteiger charge is 2.38. The number of fused-ring (bicyclic) bond motifs is 1. The monoisotopic (exact) mass is 354 g/mol. The number of benzene rings is 1. The molecule has 1 aromatic carbocycles. The molecule has 26 heavy (non-hydrogen) atoms. The molecule has 142 valence electrons. The van der Waals surface area contributed by atoms with Gasteiger partial charge in [0.2, 0.25) is 0 Å². The van der Waals surface area contributed by atoms with E-state index in [4.69, 9.17) is 4.74 Å². The smallest absolute Gasteiger partial charge is 0.334 e. The molecule has 3 rings (SSSR count). The van der Waals surface area contributed by atoms with Gasteiger partial charge in [-0.25, -0.2) is 4.79 Å². The maximum Gasteiger partial charge on any atom is 0.334 e. The first-order valence-corrected chi connectivity index (χ1v) is 10.2. The van der Waals surface area contributed by atoms with Crippen molar-refractivity contribution in [1.82, 2.24) is 0 Å². The van der Waals surface area contributed by atoms with Gasteiger partial charge in [0.15, 0.2) is 0 Å². The molecule has 0 unspecified atom stereocenters. The molecule has 0 aromatic heterocycles. The number of allylic oxidation sites excluding steroid dienone is 1. The van der Waals surface area contributed by atoms with E-state index in [0.717, 1.165) is 31.3 Å². The lowest BCUT2D eigenvalue weighted by molar-refractivity contribution is -0.138. The second kappa shape index (κ2) is 6.87. The van der Waals surface area contributed by atoms with Crippen LogP contribution < -0.4 is 0 Å². The summed E-state index contributed by atoms with van der Waals surface area (Å²) in [7, 11) is 0. The van der Waals surface area contributed by atoms with Crippen LogP contribution in [0.15, 0.2) is 17.7 Å². The second-order valence-corrected chi connectivity index (χ2v) is 9.37. The summed E-state index contributed by atoms with van der Waals surface area (Å²) in [5.74, 6) is -0.112. The first-order valence-electron chi connectivity index (χ1n) is 10.2. The molecule has 2 nitrogen and oxygen atoms in total. The molecule has 0 radical (unpaired) electrons. The third kappa shape index (κ3) is 3.35. The summed E-state index contributed by atoms with van der Waals surface area (Å²) in [6.07, 6.45) is 6.50. The van der Waals surface area contributed by atoms with Crippen LogP contribution in [0, 0.1) is 6.92 Å². The van der Waals surface area contributed by atoms with E-state index in [1.54, 1.807) is 0 Å². The van der Waals surface area contributed by atoms with Crippen molar-refractivity contribution in [2.75, 3.05) is 6.61 Å². The molecule has 0 N–H and O–H groups in total. The zero-order valence-electron chi connectivity index (χ0n) is 17.4. The fourth-order valence-corrected chi connectivity index (χ4v) is 4.69. The zero-order chi connectivity index (χ0) is 19.1. The average Bonchev–Trinajstić information content (AvgIpc) is 2.59. The molecule has 2 heteroatoms. The van der Waals surface area contributed by atoms with Crippen LogP contribution in [0.3, 0.4) is 0 Å². The molecule has 2 aliphatic carbocycles. The molecule has 0 saturated carbocycles. The number of ether oxygens (including phenoxy) is 1. The van der Waals surface area contributed by atoms with Crippen molar-refractivity contribution in [3.05, 3.63) is 40.0 Å². The summed E-state index contributed by atoms with van der Waals surface area (Å²) >= 11 is 0. The fraction of sp³-hybridized carbons (Fsp3) is 0.625. The van der Waals surface area contributed by atoms with Crippen LogP contribution in [-0.2, 0) is 20.4 Å². The van der Waals surface area contributed by atoms with E-state index in [1.165, 1.54) is 40.7 Å². The molecule has 1 aromatic rings. The van der Waals surface area contributed by atoms with E-state index >= 15 is 0 Å². The average molecular weight is 355 g/mol. The first kappa shape index (κ1) is 19.2. The Hall–Kier alpha value is -1.57. The van der Waals surface area contributed by atoms with Gasteiger partial charge >= 0.3 is 5.97 Å². The van der Waals surface area contributed by atoms with Gasteiger partial charge in [0, 0.05) is 5.57 Å². The van der Waals surface area contributed by atoms with Crippen molar-refractivity contribution in [3.63, 3.8) is 0 Å². The minimum atomic E-state index is -0.112. The fourth-order valence-electron chi connectivity index (χ4n) is 4.69. The Morgan fingerprint density at radius 1 is 1.00 bits per heavy atom. The van der Waals surface area contributed by atoms with E-state index in [1.807, 2.05) is 6.92 Å². The van der Waals surface area contributed by atoms with Crippen LogP contribution >= 0.6 is 0 Å². The Labute approximate surface area is 159 Å². The van der Waals surface area contributed by atoms with Crippen molar-refractivity contribution in [2.24, 2.45) is 0 Å². The minimum Gasteiger partial charge on any atom is -0.463 e. The highest BCUT2D eigenvalue weighted by molar-refractivity contribution is 5.98. The van der Waals surface area contributed by atoms with Gasteiger partial charge in [-0.3, -0.25) is 0 Å². The van der Waals surface area contributed by atoms with E-state index in [9.17, 15) is 4.79 Å². The Morgan fingerprint density at radius 3 is 2.19 bits per heavy atom. The number of carbonyl (C=O) groups excluding carboxylic acids is 1. The number of carbonyl (C=O) groups is 1. The summed E-state index contributed by atoms with van der Waals surface area (Å²) in [6.45, 7) is 14.0. The van der Waals surface area contributed by atoms with Gasteiger partial charge in [-0.1, -0.05) is 39.8 Å². The van der Waals surface area contributed by atoms with Crippen LogP contribution in [0.5, 0.6) is 0 Å². The first-order chi connectivity index (χ1) is 12.2. The highest BCUT2D eigenvalue weighted by atomic mass is 16.5. The summed E-state index contributed by atoms with van der Waals surface area (Å²) in [6, 6.07) is 4.81. The molecule has 0 heterocycles. The van der Waals surface area contributed by atoms with Crippen molar-refractivity contribution in [2.45, 2.75) is 90.9 Å². The van der Waals surface area contributed by atoms with Crippen molar-refractivity contribution >= 4 is 11.5 Å². The Morgan fingerprint density at radius 2 is 1.58 bits per heavy atom. The highest BCUT2D eigenvalue weighted by Crippen LogP contribution is 2.48. The van der Waals surface area contributed by atoms with Crippen molar-refractivity contribution < 1.29 is 9.53 Å². The van der Waals surface area contributed by atoms with Crippen molar-refractivity contribution in [3.8, 4) is 0 Å². The number of rotatable bonds is 3. The standard InChI is InChI=1S/C24H34O2/c1-7-26-22(25)18-11-9-8-10-17(18)19-15-21-20(14-16(19)2)23(3,4)12-13-24(21,5)6/h14-15H,7-13H2,1-6H3. The lowest BCUT2D eigenvalue weighted by Crippen LogP contribution is -2.34. The number of hydrogen-bond acceptors (Lipinski definition) is 2. The molecule has 0 amide bonds. The second-order valence-electron chi connectivity index (χ2n) is 9.37. The summed E-state index contributed by atoms with van der Waals surface area (Å²) in [5, 5.41) is 0. The Balaban J connectivity index is 2.18. The largest absolute Gasteiger partial charge is 0.463 e. The Bertz CT molecular complexity index is 750. The molecule has 0 saturated heterocycles. The van der Waals surface area contributed by atoms with Gasteiger partial charge < -0.3 is 4.74 Å². The predicted molar refractivity (Wildman–Crippen MR) is 108 cm³/mol. The van der Waals surface area contributed by atoms with Crippen LogP contribution in [0.4, 0.5) is 0 Å². The van der Waals surface area contributed by atoms with E-state index < -0.39 is 0 Å². The van der Waals surface area contributed by atoms with E-state index in [-0.39, 0.29) is 16.8 Å². The zero-order valence-corrected chi connectivity index (χ0v) is 17.4. The molecule has 0 fully saturated rings. The van der Waals surface area contributed by atoms with Gasteiger partial charge in [-0.2, -0.15) is 0 Å². The molecule has 0 spiro atoms. The van der Waals surface area contributed by atoms with Gasteiger partial charge in [0.25, 0.3) is 0 Å². The lowest BCUT2D eigenvalue weighted by Gasteiger charge is -2.42. The lowest BCUT2D eigenvalue weighted by atomic mass is 9.62. The number of aryl methyl sites for hydroxylation is 1. The summed E-state index contributed by atoms with van der Waals surface area (Å²) < 4.78 is 5.36. The topological polar surface area (TPSA) is 26.3 Å². The number of esters is 1. The van der Waals surface area contributed by atoms with E-state index in [0.29, 0.717) is 6.61 Å². The minimum absolute atomic E-state index is 0.112. The summed E-state index contributed by atoms with van der Waals surface area (Å²) in [5.41, 5.74) is 8.08. The van der Waals surface area contributed by atoms with Crippen LogP contribution in [0.2, 0.25) is 0 Å². The summed E-state index contributed by atoms with van der Waals surface area (Å²) in [4.78, 5) is 12.5. The molecular formula is C24H34O2. The van der Waals surface area contributed by atoms with Gasteiger partial charge in [0.1, 0.15) is 0 Å². The maximum absolute atomic E-state index is 12.5. The Kier molecular flexibility index (Phi) is 5.07. The van der Waals surface area contributed by atoms with E-state index in [2.05, 4.69) is 46.8 Å². The normalized spacial score (nSPS) is 21.3. The molecular weight excluding hydrogens is 320 g/mol. The number of hydrogen-bond donors (Lipinski definition) is 0. The van der Waals surface area contributed by atoms with Crippen molar-refractivity contribution in [1.29, 1.82) is 0 Å². The molecule has 0 atom stereocenters. The predicted octanol–water partition coefficient (Wildman–Crippen LogP) is 6.23. The van der Waals surface area contributed by atoms with Crippen LogP contribution in [0.1, 0.15) is 95.4 Å². The van der Waals surface area contributed by atoms with Crippen LogP contribution in [-0.4, -0.2) is 12.6 Å². The van der Waals surface area contributed by atoms with Crippen LogP contribution in [0.25, 0.3) is 5.57 Å². The molecule has 0 aliphatic heterocycles.